The maximum atomic E-state index is 5.83. The van der Waals surface area contributed by atoms with Crippen LogP contribution in [-0.4, -0.2) is 6.04 Å². The molecule has 1 aliphatic rings. The van der Waals surface area contributed by atoms with Gasteiger partial charge in [0.05, 0.1) is 0 Å². The average Bonchev–Trinajstić information content (AvgIpc) is 2.33. The van der Waals surface area contributed by atoms with Crippen LogP contribution in [0.1, 0.15) is 45.1 Å². The van der Waals surface area contributed by atoms with Crippen LogP contribution in [0.4, 0.5) is 0 Å². The molecule has 3 N–H and O–H groups in total. The predicted molar refractivity (Wildman–Crippen MR) is 72.5 cm³/mol. The van der Waals surface area contributed by atoms with Crippen molar-refractivity contribution >= 4 is 0 Å². The van der Waals surface area contributed by atoms with Gasteiger partial charge in [0.25, 0.3) is 0 Å². The van der Waals surface area contributed by atoms with Crippen molar-refractivity contribution in [2.75, 3.05) is 0 Å². The monoisotopic (exact) mass is 232 g/mol. The summed E-state index contributed by atoms with van der Waals surface area (Å²) in [6, 6.07) is 11.3. The topological polar surface area (TPSA) is 38.0 Å². The first-order valence-electron chi connectivity index (χ1n) is 6.76. The molecule has 2 atom stereocenters. The normalized spacial score (nSPS) is 21.6. The minimum Gasteiger partial charge on any atom is -0.271 e. The summed E-state index contributed by atoms with van der Waals surface area (Å²) >= 11 is 0. The highest BCUT2D eigenvalue weighted by molar-refractivity contribution is 5.30. The Morgan fingerprint density at radius 3 is 2.35 bits per heavy atom. The summed E-state index contributed by atoms with van der Waals surface area (Å²) in [7, 11) is 0. The lowest BCUT2D eigenvalue weighted by Crippen LogP contribution is -2.57. The van der Waals surface area contributed by atoms with Gasteiger partial charge >= 0.3 is 0 Å². The fourth-order valence-corrected chi connectivity index (χ4v) is 3.21. The molecule has 1 fully saturated rings. The number of benzene rings is 1. The fraction of sp³-hybridized carbons (Fsp3) is 0.600. The Morgan fingerprint density at radius 2 is 1.94 bits per heavy atom. The molecule has 2 heteroatoms. The molecule has 0 heterocycles. The van der Waals surface area contributed by atoms with Crippen LogP contribution >= 0.6 is 0 Å². The highest BCUT2D eigenvalue weighted by atomic mass is 15.2. The van der Waals surface area contributed by atoms with E-state index in [4.69, 9.17) is 5.84 Å². The lowest BCUT2D eigenvalue weighted by atomic mass is 9.57. The lowest BCUT2D eigenvalue weighted by Gasteiger charge is -2.50. The Kier molecular flexibility index (Phi) is 3.85. The zero-order valence-corrected chi connectivity index (χ0v) is 10.9. The van der Waals surface area contributed by atoms with Gasteiger partial charge < -0.3 is 0 Å². The highest BCUT2D eigenvalue weighted by Crippen LogP contribution is 2.48. The van der Waals surface area contributed by atoms with Crippen LogP contribution in [0.15, 0.2) is 30.3 Å². The quantitative estimate of drug-likeness (QED) is 0.605. The van der Waals surface area contributed by atoms with Crippen LogP contribution in [0.25, 0.3) is 0 Å². The summed E-state index contributed by atoms with van der Waals surface area (Å²) in [5, 5.41) is 0. The van der Waals surface area contributed by atoms with E-state index in [1.165, 1.54) is 31.2 Å². The van der Waals surface area contributed by atoms with E-state index in [-0.39, 0.29) is 5.41 Å². The molecule has 1 saturated carbocycles. The van der Waals surface area contributed by atoms with E-state index in [2.05, 4.69) is 49.6 Å². The number of hydrazine groups is 1. The van der Waals surface area contributed by atoms with Gasteiger partial charge in [-0.1, -0.05) is 57.0 Å². The number of hydrogen-bond donors (Lipinski definition) is 2. The summed E-state index contributed by atoms with van der Waals surface area (Å²) in [5.41, 5.74) is 4.82. The molecule has 0 amide bonds. The van der Waals surface area contributed by atoms with Crippen molar-refractivity contribution in [3.63, 3.8) is 0 Å². The maximum absolute atomic E-state index is 5.83. The second kappa shape index (κ2) is 5.19. The van der Waals surface area contributed by atoms with Gasteiger partial charge in [0, 0.05) is 11.5 Å². The molecule has 1 aliphatic carbocycles. The molecule has 0 spiro atoms. The molecule has 2 unspecified atom stereocenters. The second-order valence-corrected chi connectivity index (χ2v) is 5.41. The van der Waals surface area contributed by atoms with Gasteiger partial charge in [0.1, 0.15) is 0 Å². The van der Waals surface area contributed by atoms with E-state index in [0.717, 1.165) is 0 Å². The van der Waals surface area contributed by atoms with E-state index in [1.54, 1.807) is 0 Å². The summed E-state index contributed by atoms with van der Waals surface area (Å²) in [4.78, 5) is 0. The third-order valence-electron chi connectivity index (χ3n) is 4.58. The van der Waals surface area contributed by atoms with Crippen LogP contribution in [0.5, 0.6) is 0 Å². The molecule has 1 aromatic rings. The molecule has 0 bridgehead atoms. The van der Waals surface area contributed by atoms with Crippen molar-refractivity contribution in [3.05, 3.63) is 35.9 Å². The van der Waals surface area contributed by atoms with Crippen molar-refractivity contribution in [1.29, 1.82) is 0 Å². The number of nitrogens with two attached hydrogens (primary N) is 1. The Labute approximate surface area is 105 Å². The first kappa shape index (κ1) is 12.6. The Bertz CT molecular complexity index is 343. The Balaban J connectivity index is 2.30. The van der Waals surface area contributed by atoms with Crippen molar-refractivity contribution in [3.8, 4) is 0 Å². The van der Waals surface area contributed by atoms with Crippen LogP contribution in [0.2, 0.25) is 0 Å². The Hall–Kier alpha value is -0.860. The van der Waals surface area contributed by atoms with E-state index in [9.17, 15) is 0 Å². The first-order valence-corrected chi connectivity index (χ1v) is 6.76. The van der Waals surface area contributed by atoms with Crippen LogP contribution in [0, 0.1) is 5.92 Å². The molecule has 2 nitrogen and oxygen atoms in total. The van der Waals surface area contributed by atoms with Gasteiger partial charge in [-0.2, -0.15) is 0 Å². The van der Waals surface area contributed by atoms with E-state index in [1.807, 2.05) is 0 Å². The second-order valence-electron chi connectivity index (χ2n) is 5.41. The molecule has 0 aliphatic heterocycles. The van der Waals surface area contributed by atoms with E-state index < -0.39 is 0 Å². The van der Waals surface area contributed by atoms with Gasteiger partial charge in [-0.3, -0.25) is 11.3 Å². The molecular weight excluding hydrogens is 208 g/mol. The molecule has 17 heavy (non-hydrogen) atoms. The van der Waals surface area contributed by atoms with Crippen molar-refractivity contribution in [2.45, 2.75) is 51.0 Å². The molecule has 94 valence electrons. The minimum atomic E-state index is 0.269. The minimum absolute atomic E-state index is 0.269. The average molecular weight is 232 g/mol. The van der Waals surface area contributed by atoms with Gasteiger partial charge in [0.2, 0.25) is 0 Å². The van der Waals surface area contributed by atoms with E-state index in [0.29, 0.717) is 12.0 Å². The number of hydrogen-bond acceptors (Lipinski definition) is 2. The third-order valence-corrected chi connectivity index (χ3v) is 4.58. The molecule has 2 rings (SSSR count). The summed E-state index contributed by atoms with van der Waals surface area (Å²) in [6.45, 7) is 4.54. The smallest absolute Gasteiger partial charge is 0.0332 e. The van der Waals surface area contributed by atoms with Gasteiger partial charge in [-0.05, 0) is 24.3 Å². The molecule has 0 saturated heterocycles. The fourth-order valence-electron chi connectivity index (χ4n) is 3.21. The molecular formula is C15H24N2. The Morgan fingerprint density at radius 1 is 1.29 bits per heavy atom. The van der Waals surface area contributed by atoms with Crippen molar-refractivity contribution in [1.82, 2.24) is 5.43 Å². The summed E-state index contributed by atoms with van der Waals surface area (Å²) in [6.07, 6.45) is 5.01. The van der Waals surface area contributed by atoms with Crippen LogP contribution in [0.3, 0.4) is 0 Å². The van der Waals surface area contributed by atoms with Crippen molar-refractivity contribution < 1.29 is 0 Å². The van der Waals surface area contributed by atoms with E-state index >= 15 is 0 Å². The summed E-state index contributed by atoms with van der Waals surface area (Å²) < 4.78 is 0. The van der Waals surface area contributed by atoms with Crippen LogP contribution < -0.4 is 11.3 Å². The molecule has 0 radical (unpaired) electrons. The lowest BCUT2D eigenvalue weighted by molar-refractivity contribution is 0.128. The molecule has 0 aromatic heterocycles. The van der Waals surface area contributed by atoms with Gasteiger partial charge in [-0.15, -0.1) is 0 Å². The predicted octanol–water partition coefficient (Wildman–Crippen LogP) is 2.99. The van der Waals surface area contributed by atoms with Gasteiger partial charge in [-0.25, -0.2) is 0 Å². The number of rotatable bonds is 5. The zero-order chi connectivity index (χ0) is 12.3. The van der Waals surface area contributed by atoms with Crippen molar-refractivity contribution in [2.24, 2.45) is 11.8 Å². The number of nitrogens with one attached hydrogen (secondary N) is 1. The van der Waals surface area contributed by atoms with Crippen LogP contribution in [-0.2, 0) is 5.41 Å². The summed E-state index contributed by atoms with van der Waals surface area (Å²) in [5.74, 6) is 6.44. The largest absolute Gasteiger partial charge is 0.271 e. The zero-order valence-electron chi connectivity index (χ0n) is 10.9. The maximum Gasteiger partial charge on any atom is 0.0332 e. The first-order chi connectivity index (χ1) is 8.24. The third kappa shape index (κ3) is 2.12. The highest BCUT2D eigenvalue weighted by Gasteiger charge is 2.46. The van der Waals surface area contributed by atoms with Gasteiger partial charge in [0.15, 0.2) is 0 Å². The molecule has 1 aromatic carbocycles. The SMILES string of the molecule is CCC(C)C(NN)C1(c2ccccc2)CCC1. The standard InChI is InChI=1S/C15H24N2/c1-3-12(2)14(17-16)15(10-7-11-15)13-8-5-4-6-9-13/h4-6,8-9,12,14,17H,3,7,10-11,16H2,1-2H3.